The van der Waals surface area contributed by atoms with Crippen LogP contribution in [0.2, 0.25) is 0 Å². The van der Waals surface area contributed by atoms with E-state index in [2.05, 4.69) is 15.1 Å². The van der Waals surface area contributed by atoms with E-state index in [0.717, 1.165) is 35.9 Å². The number of halogens is 1. The van der Waals surface area contributed by atoms with E-state index in [-0.39, 0.29) is 17.8 Å². The van der Waals surface area contributed by atoms with Gasteiger partial charge < -0.3 is 19.7 Å². The van der Waals surface area contributed by atoms with Crippen LogP contribution in [-0.4, -0.2) is 54.5 Å². The Hall–Kier alpha value is -3.88. The lowest BCUT2D eigenvalue weighted by atomic mass is 9.90. The van der Waals surface area contributed by atoms with Crippen molar-refractivity contribution >= 4 is 17.1 Å². The Morgan fingerprint density at radius 3 is 2.51 bits per heavy atom. The van der Waals surface area contributed by atoms with Crippen molar-refractivity contribution in [1.29, 1.82) is 0 Å². The molecule has 0 radical (unpaired) electrons. The molecule has 1 aliphatic rings. The number of H-pyrrole nitrogens is 1. The third-order valence-electron chi connectivity index (χ3n) is 6.72. The van der Waals surface area contributed by atoms with Crippen molar-refractivity contribution in [2.24, 2.45) is 5.92 Å². The Kier molecular flexibility index (Phi) is 6.62. The summed E-state index contributed by atoms with van der Waals surface area (Å²) in [6, 6.07) is 13.7. The second-order valence-corrected chi connectivity index (χ2v) is 10.6. The number of amides is 1. The van der Waals surface area contributed by atoms with Crippen molar-refractivity contribution in [3.05, 3.63) is 59.9 Å². The van der Waals surface area contributed by atoms with E-state index in [1.807, 2.05) is 45.0 Å². The van der Waals surface area contributed by atoms with Crippen LogP contribution in [0.15, 0.2) is 48.5 Å². The number of benzene rings is 2. The summed E-state index contributed by atoms with van der Waals surface area (Å²) in [6.45, 7) is 6.90. The maximum Gasteiger partial charge on any atom is 0.410 e. The van der Waals surface area contributed by atoms with Crippen LogP contribution >= 0.6 is 0 Å². The van der Waals surface area contributed by atoms with Gasteiger partial charge in [-0.2, -0.15) is 9.78 Å². The quantitative estimate of drug-likeness (QED) is 0.355. The van der Waals surface area contributed by atoms with Gasteiger partial charge in [-0.15, -0.1) is 0 Å². The summed E-state index contributed by atoms with van der Waals surface area (Å²) in [7, 11) is 0. The fraction of sp³-hybridized carbons (Fsp3) is 0.393. The van der Waals surface area contributed by atoms with Crippen LogP contribution in [0.25, 0.3) is 28.2 Å². The molecule has 0 saturated carbocycles. The maximum atomic E-state index is 13.6. The molecule has 3 heterocycles. The molecule has 2 N–H and O–H groups in total. The number of rotatable bonds is 5. The Balaban J connectivity index is 1.36. The minimum atomic E-state index is -0.512. The van der Waals surface area contributed by atoms with E-state index >= 15 is 0 Å². The summed E-state index contributed by atoms with van der Waals surface area (Å²) in [4.78, 5) is 22.0. The molecule has 1 amide bonds. The van der Waals surface area contributed by atoms with Crippen molar-refractivity contribution in [1.82, 2.24) is 24.6 Å². The SMILES string of the molecule is CC(C)(C)OC(=O)N1CCC(CCc2c(-c3ccc(F)cc3)nn(-c3nc4ccccc4[nH]3)c2O)CC1. The van der Waals surface area contributed by atoms with Crippen LogP contribution < -0.4 is 0 Å². The van der Waals surface area contributed by atoms with Gasteiger partial charge in [-0.1, -0.05) is 12.1 Å². The third kappa shape index (κ3) is 5.45. The van der Waals surface area contributed by atoms with Gasteiger partial charge in [0, 0.05) is 24.2 Å². The smallest absolute Gasteiger partial charge is 0.410 e. The lowest BCUT2D eigenvalue weighted by Crippen LogP contribution is -2.41. The zero-order valence-electron chi connectivity index (χ0n) is 21.4. The number of aromatic amines is 1. The van der Waals surface area contributed by atoms with Gasteiger partial charge in [0.05, 0.1) is 11.0 Å². The number of nitrogens with one attached hydrogen (secondary N) is 1. The Morgan fingerprint density at radius 1 is 1.14 bits per heavy atom. The number of aromatic hydroxyl groups is 1. The predicted molar refractivity (Wildman–Crippen MR) is 139 cm³/mol. The standard InChI is InChI=1S/C28H32FN5O3/c1-28(2,3)37-27(36)33-16-14-18(15-17-33)8-13-21-24(19-9-11-20(29)12-10-19)32-34(25(21)35)26-30-22-6-4-5-7-23(22)31-26/h4-7,9-12,18,35H,8,13-17H2,1-3H3,(H,30,31). The van der Waals surface area contributed by atoms with Gasteiger partial charge >= 0.3 is 6.09 Å². The second kappa shape index (κ2) is 9.88. The molecule has 2 aromatic carbocycles. The average molecular weight is 506 g/mol. The molecular formula is C28H32FN5O3. The number of carbonyl (C=O) groups excluding carboxylic acids is 1. The molecule has 0 spiro atoms. The number of para-hydroxylation sites is 2. The molecule has 0 unspecified atom stereocenters. The summed E-state index contributed by atoms with van der Waals surface area (Å²) in [6.07, 6.45) is 2.88. The first-order valence-electron chi connectivity index (χ1n) is 12.7. The van der Waals surface area contributed by atoms with Crippen LogP contribution in [-0.2, 0) is 11.2 Å². The largest absolute Gasteiger partial charge is 0.493 e. The van der Waals surface area contributed by atoms with Crippen LogP contribution in [0.3, 0.4) is 0 Å². The Bertz CT molecular complexity index is 1360. The van der Waals surface area contributed by atoms with Gasteiger partial charge in [-0.25, -0.2) is 14.2 Å². The summed E-state index contributed by atoms with van der Waals surface area (Å²) < 4.78 is 20.5. The van der Waals surface area contributed by atoms with Gasteiger partial charge in [0.15, 0.2) is 0 Å². The lowest BCUT2D eigenvalue weighted by Gasteiger charge is -2.33. The molecule has 9 heteroatoms. The van der Waals surface area contributed by atoms with Crippen molar-refractivity contribution in [2.45, 2.75) is 52.1 Å². The average Bonchev–Trinajstić information content (AvgIpc) is 3.43. The van der Waals surface area contributed by atoms with Gasteiger partial charge in [-0.05, 0) is 88.8 Å². The molecule has 37 heavy (non-hydrogen) atoms. The Morgan fingerprint density at radius 2 is 1.84 bits per heavy atom. The van der Waals surface area contributed by atoms with Crippen molar-refractivity contribution in [2.75, 3.05) is 13.1 Å². The number of piperidine rings is 1. The zero-order valence-corrected chi connectivity index (χ0v) is 21.4. The molecule has 0 aliphatic carbocycles. The molecule has 1 fully saturated rings. The van der Waals surface area contributed by atoms with Crippen molar-refractivity contribution in [3.8, 4) is 23.1 Å². The summed E-state index contributed by atoms with van der Waals surface area (Å²) in [5.74, 6) is 0.500. The monoisotopic (exact) mass is 505 g/mol. The van der Waals surface area contributed by atoms with E-state index in [9.17, 15) is 14.3 Å². The van der Waals surface area contributed by atoms with Crippen molar-refractivity contribution in [3.63, 3.8) is 0 Å². The van der Waals surface area contributed by atoms with Gasteiger partial charge in [-0.3, -0.25) is 0 Å². The molecule has 5 rings (SSSR count). The lowest BCUT2D eigenvalue weighted by molar-refractivity contribution is 0.0181. The molecular weight excluding hydrogens is 473 g/mol. The predicted octanol–water partition coefficient (Wildman–Crippen LogP) is 5.84. The minimum absolute atomic E-state index is 0.0181. The highest BCUT2D eigenvalue weighted by Gasteiger charge is 2.28. The number of nitrogens with zero attached hydrogens (tertiary/aromatic N) is 4. The number of hydrogen-bond donors (Lipinski definition) is 2. The highest BCUT2D eigenvalue weighted by molar-refractivity contribution is 5.76. The van der Waals surface area contributed by atoms with Crippen LogP contribution in [0.5, 0.6) is 5.88 Å². The molecule has 1 aliphatic heterocycles. The van der Waals surface area contributed by atoms with E-state index in [4.69, 9.17) is 4.74 Å². The van der Waals surface area contributed by atoms with Crippen LogP contribution in [0.4, 0.5) is 9.18 Å². The highest BCUT2D eigenvalue weighted by Crippen LogP contribution is 2.35. The number of carbonyl (C=O) groups is 1. The third-order valence-corrected chi connectivity index (χ3v) is 6.72. The van der Waals surface area contributed by atoms with Gasteiger partial charge in [0.1, 0.15) is 17.1 Å². The van der Waals surface area contributed by atoms with Crippen LogP contribution in [0.1, 0.15) is 45.6 Å². The number of imidazole rings is 1. The normalized spacial score (nSPS) is 14.9. The fourth-order valence-corrected chi connectivity index (χ4v) is 4.78. The number of hydrogen-bond acceptors (Lipinski definition) is 5. The number of ether oxygens (including phenoxy) is 1. The first-order chi connectivity index (χ1) is 17.7. The molecule has 0 atom stereocenters. The van der Waals surface area contributed by atoms with Gasteiger partial charge in [0.2, 0.25) is 11.8 Å². The molecule has 1 saturated heterocycles. The topological polar surface area (TPSA) is 96.3 Å². The summed E-state index contributed by atoms with van der Waals surface area (Å²) in [5.41, 5.74) is 3.12. The number of aromatic nitrogens is 4. The molecule has 8 nitrogen and oxygen atoms in total. The van der Waals surface area contributed by atoms with E-state index < -0.39 is 5.60 Å². The molecule has 4 aromatic rings. The van der Waals surface area contributed by atoms with Crippen molar-refractivity contribution < 1.29 is 19.0 Å². The van der Waals surface area contributed by atoms with Crippen LogP contribution in [0, 0.1) is 11.7 Å². The Labute approximate surface area is 215 Å². The number of likely N-dealkylation sites (tertiary alicyclic amines) is 1. The number of fused-ring (bicyclic) bond motifs is 1. The second-order valence-electron chi connectivity index (χ2n) is 10.6. The first-order valence-corrected chi connectivity index (χ1v) is 12.7. The first kappa shape index (κ1) is 24.8. The fourth-order valence-electron chi connectivity index (χ4n) is 4.78. The molecule has 2 aromatic heterocycles. The highest BCUT2D eigenvalue weighted by atomic mass is 19.1. The van der Waals surface area contributed by atoms with Gasteiger partial charge in [0.25, 0.3) is 0 Å². The summed E-state index contributed by atoms with van der Waals surface area (Å²) in [5, 5.41) is 15.9. The van der Waals surface area contributed by atoms with E-state index in [1.165, 1.54) is 16.8 Å². The minimum Gasteiger partial charge on any atom is -0.493 e. The van der Waals surface area contributed by atoms with E-state index in [0.29, 0.717) is 42.6 Å². The molecule has 194 valence electrons. The summed E-state index contributed by atoms with van der Waals surface area (Å²) >= 11 is 0. The maximum absolute atomic E-state index is 13.6. The molecule has 0 bridgehead atoms. The zero-order chi connectivity index (χ0) is 26.2. The van der Waals surface area contributed by atoms with E-state index in [1.54, 1.807) is 17.0 Å².